The third kappa shape index (κ3) is 2.35. The Kier molecular flexibility index (Phi) is 3.78. The number of hydrogen-bond acceptors (Lipinski definition) is 3. The molecule has 1 aliphatic heterocycles. The third-order valence-corrected chi connectivity index (χ3v) is 4.35. The summed E-state index contributed by atoms with van der Waals surface area (Å²) in [5.74, 6) is 0.0581. The maximum Gasteiger partial charge on any atom is 0.274 e. The van der Waals surface area contributed by atoms with E-state index in [1.165, 1.54) is 5.69 Å². The van der Waals surface area contributed by atoms with Crippen LogP contribution in [0.3, 0.4) is 0 Å². The maximum atomic E-state index is 12.6. The quantitative estimate of drug-likeness (QED) is 0.908. The molecule has 1 saturated heterocycles. The predicted octanol–water partition coefficient (Wildman–Crippen LogP) is 1.38. The Labute approximate surface area is 119 Å². The van der Waals surface area contributed by atoms with Crippen molar-refractivity contribution in [2.24, 2.45) is 0 Å². The number of aliphatic hydroxyl groups is 1. The molecule has 3 rings (SSSR count). The van der Waals surface area contributed by atoms with E-state index < -0.39 is 0 Å². The summed E-state index contributed by atoms with van der Waals surface area (Å²) in [4.78, 5) is 14.5. The van der Waals surface area contributed by atoms with Crippen molar-refractivity contribution in [3.63, 3.8) is 0 Å². The van der Waals surface area contributed by atoms with Gasteiger partial charge in [0.2, 0.25) is 0 Å². The van der Waals surface area contributed by atoms with Gasteiger partial charge in [0, 0.05) is 37.3 Å². The van der Waals surface area contributed by atoms with Crippen molar-refractivity contribution in [2.45, 2.75) is 58.1 Å². The first-order valence-electron chi connectivity index (χ1n) is 7.76. The van der Waals surface area contributed by atoms with Crippen LogP contribution in [0.15, 0.2) is 0 Å². The van der Waals surface area contributed by atoms with Gasteiger partial charge in [0.1, 0.15) is 0 Å². The molecular formula is C15H23N3O2. The van der Waals surface area contributed by atoms with Gasteiger partial charge >= 0.3 is 0 Å². The van der Waals surface area contributed by atoms with Crippen LogP contribution in [-0.2, 0) is 19.4 Å². The Morgan fingerprint density at radius 2 is 2.15 bits per heavy atom. The highest BCUT2D eigenvalue weighted by atomic mass is 16.3. The van der Waals surface area contributed by atoms with Gasteiger partial charge in [-0.25, -0.2) is 0 Å². The largest absolute Gasteiger partial charge is 0.393 e. The summed E-state index contributed by atoms with van der Waals surface area (Å²) in [5.41, 5.74) is 2.75. The van der Waals surface area contributed by atoms with Crippen LogP contribution < -0.4 is 0 Å². The zero-order valence-corrected chi connectivity index (χ0v) is 12.1. The van der Waals surface area contributed by atoms with E-state index in [1.54, 1.807) is 0 Å². The lowest BCUT2D eigenvalue weighted by atomic mass is 9.93. The van der Waals surface area contributed by atoms with Gasteiger partial charge < -0.3 is 10.0 Å². The lowest BCUT2D eigenvalue weighted by Crippen LogP contribution is -2.30. The Balaban J connectivity index is 1.95. The van der Waals surface area contributed by atoms with Crippen LogP contribution in [0.4, 0.5) is 0 Å². The molecule has 0 bridgehead atoms. The number of aliphatic hydroxyl groups excluding tert-OH is 1. The minimum absolute atomic E-state index is 0.0581. The molecule has 1 atom stereocenters. The highest BCUT2D eigenvalue weighted by Crippen LogP contribution is 2.26. The fourth-order valence-electron chi connectivity index (χ4n) is 3.31. The molecule has 1 aliphatic carbocycles. The topological polar surface area (TPSA) is 58.4 Å². The SMILES string of the molecule is CCCn1nc(C(=O)N2CCCC2)c2c1CCC(O)C2. The second-order valence-electron chi connectivity index (χ2n) is 5.89. The molecule has 5 nitrogen and oxygen atoms in total. The Morgan fingerprint density at radius 1 is 1.40 bits per heavy atom. The highest BCUT2D eigenvalue weighted by molar-refractivity contribution is 5.94. The molecular weight excluding hydrogens is 254 g/mol. The van der Waals surface area contributed by atoms with E-state index in [0.29, 0.717) is 12.1 Å². The van der Waals surface area contributed by atoms with Crippen LogP contribution in [0.5, 0.6) is 0 Å². The number of carbonyl (C=O) groups is 1. The molecule has 0 saturated carbocycles. The van der Waals surface area contributed by atoms with Crippen molar-refractivity contribution in [1.82, 2.24) is 14.7 Å². The summed E-state index contributed by atoms with van der Waals surface area (Å²) >= 11 is 0. The van der Waals surface area contributed by atoms with Gasteiger partial charge in [0.25, 0.3) is 5.91 Å². The van der Waals surface area contributed by atoms with E-state index in [9.17, 15) is 9.90 Å². The maximum absolute atomic E-state index is 12.6. The standard InChI is InChI=1S/C15H23N3O2/c1-2-7-18-13-6-5-11(19)10-12(13)14(16-18)15(20)17-8-3-4-9-17/h11,19H,2-10H2,1H3. The molecule has 2 aliphatic rings. The summed E-state index contributed by atoms with van der Waals surface area (Å²) in [6, 6.07) is 0. The second-order valence-corrected chi connectivity index (χ2v) is 5.89. The molecule has 110 valence electrons. The van der Waals surface area contributed by atoms with Crippen LogP contribution >= 0.6 is 0 Å². The van der Waals surface area contributed by atoms with Gasteiger partial charge in [-0.2, -0.15) is 5.10 Å². The molecule has 20 heavy (non-hydrogen) atoms. The normalized spacial score (nSPS) is 22.1. The number of fused-ring (bicyclic) bond motifs is 1. The molecule has 5 heteroatoms. The molecule has 1 fully saturated rings. The van der Waals surface area contributed by atoms with Crippen molar-refractivity contribution in [1.29, 1.82) is 0 Å². The fraction of sp³-hybridized carbons (Fsp3) is 0.733. The summed E-state index contributed by atoms with van der Waals surface area (Å²) in [7, 11) is 0. The van der Waals surface area contributed by atoms with Crippen LogP contribution in [0.2, 0.25) is 0 Å². The Hall–Kier alpha value is -1.36. The molecule has 2 heterocycles. The highest BCUT2D eigenvalue weighted by Gasteiger charge is 2.31. The predicted molar refractivity (Wildman–Crippen MR) is 75.7 cm³/mol. The van der Waals surface area contributed by atoms with Crippen molar-refractivity contribution >= 4 is 5.91 Å². The first-order valence-corrected chi connectivity index (χ1v) is 7.76. The molecule has 1 aromatic rings. The summed E-state index contributed by atoms with van der Waals surface area (Å²) < 4.78 is 1.99. The van der Waals surface area contributed by atoms with Crippen molar-refractivity contribution in [3.8, 4) is 0 Å². The van der Waals surface area contributed by atoms with E-state index in [0.717, 1.165) is 57.3 Å². The summed E-state index contributed by atoms with van der Waals surface area (Å²) in [6.45, 7) is 4.66. The number of hydrogen-bond donors (Lipinski definition) is 1. The first-order chi connectivity index (χ1) is 9.70. The number of rotatable bonds is 3. The molecule has 0 radical (unpaired) electrons. The number of nitrogens with zero attached hydrogens (tertiary/aromatic N) is 3. The minimum atomic E-state index is -0.327. The Bertz CT molecular complexity index is 503. The van der Waals surface area contributed by atoms with Gasteiger partial charge in [-0.3, -0.25) is 9.48 Å². The lowest BCUT2D eigenvalue weighted by molar-refractivity contribution is 0.0783. The van der Waals surface area contributed by atoms with Gasteiger partial charge in [-0.1, -0.05) is 6.92 Å². The average molecular weight is 277 g/mol. The molecule has 1 aromatic heterocycles. The van der Waals surface area contributed by atoms with E-state index in [-0.39, 0.29) is 12.0 Å². The Morgan fingerprint density at radius 3 is 2.85 bits per heavy atom. The van der Waals surface area contributed by atoms with E-state index in [1.807, 2.05) is 9.58 Å². The zero-order chi connectivity index (χ0) is 14.1. The third-order valence-electron chi connectivity index (χ3n) is 4.35. The number of carbonyl (C=O) groups excluding carboxylic acids is 1. The molecule has 1 unspecified atom stereocenters. The van der Waals surface area contributed by atoms with E-state index in [2.05, 4.69) is 12.0 Å². The van der Waals surface area contributed by atoms with Gasteiger partial charge in [-0.05, 0) is 32.1 Å². The molecule has 1 amide bonds. The summed E-state index contributed by atoms with van der Waals surface area (Å²) in [6.07, 6.45) is 5.05. The second kappa shape index (κ2) is 5.56. The number of likely N-dealkylation sites (tertiary alicyclic amines) is 1. The number of aryl methyl sites for hydroxylation is 1. The monoisotopic (exact) mass is 277 g/mol. The van der Waals surface area contributed by atoms with Crippen molar-refractivity contribution in [3.05, 3.63) is 17.0 Å². The number of amides is 1. The molecule has 0 aromatic carbocycles. The van der Waals surface area contributed by atoms with Crippen LogP contribution in [0, 0.1) is 0 Å². The van der Waals surface area contributed by atoms with E-state index in [4.69, 9.17) is 0 Å². The summed E-state index contributed by atoms with van der Waals surface area (Å²) in [5, 5.41) is 14.5. The average Bonchev–Trinajstić information content (AvgIpc) is 3.06. The van der Waals surface area contributed by atoms with Crippen LogP contribution in [-0.4, -0.2) is 44.9 Å². The van der Waals surface area contributed by atoms with Crippen molar-refractivity contribution in [2.75, 3.05) is 13.1 Å². The van der Waals surface area contributed by atoms with E-state index >= 15 is 0 Å². The van der Waals surface area contributed by atoms with Crippen LogP contribution in [0.25, 0.3) is 0 Å². The zero-order valence-electron chi connectivity index (χ0n) is 12.1. The first kappa shape index (κ1) is 13.6. The van der Waals surface area contributed by atoms with Gasteiger partial charge in [-0.15, -0.1) is 0 Å². The van der Waals surface area contributed by atoms with Crippen LogP contribution in [0.1, 0.15) is 54.4 Å². The molecule has 1 N–H and O–H groups in total. The lowest BCUT2D eigenvalue weighted by Gasteiger charge is -2.20. The van der Waals surface area contributed by atoms with Gasteiger partial charge in [0.05, 0.1) is 6.10 Å². The molecule has 0 spiro atoms. The minimum Gasteiger partial charge on any atom is -0.393 e. The smallest absolute Gasteiger partial charge is 0.274 e. The van der Waals surface area contributed by atoms with Gasteiger partial charge in [0.15, 0.2) is 5.69 Å². The fourth-order valence-corrected chi connectivity index (χ4v) is 3.31. The number of aromatic nitrogens is 2. The van der Waals surface area contributed by atoms with Crippen molar-refractivity contribution < 1.29 is 9.90 Å².